The maximum atomic E-state index is 12.5. The number of rotatable bonds is 5. The molecule has 0 saturated carbocycles. The Hall–Kier alpha value is -1.69. The van der Waals surface area contributed by atoms with E-state index in [1.807, 2.05) is 24.8 Å². The monoisotopic (exact) mass is 348 g/mol. The number of amides is 1. The van der Waals surface area contributed by atoms with Crippen molar-refractivity contribution in [3.63, 3.8) is 0 Å². The van der Waals surface area contributed by atoms with Crippen LogP contribution < -0.4 is 5.56 Å². The summed E-state index contributed by atoms with van der Waals surface area (Å²) in [7, 11) is 0. The van der Waals surface area contributed by atoms with Crippen molar-refractivity contribution in [2.45, 2.75) is 59.5 Å². The number of carbonyl (C=O) groups is 1. The summed E-state index contributed by atoms with van der Waals surface area (Å²) >= 11 is 0. The van der Waals surface area contributed by atoms with Crippen molar-refractivity contribution in [3.8, 4) is 0 Å². The van der Waals surface area contributed by atoms with Crippen LogP contribution in [0.25, 0.3) is 0 Å². The smallest absolute Gasteiger partial charge is 0.267 e. The summed E-state index contributed by atoms with van der Waals surface area (Å²) in [6.07, 6.45) is 1.70. The Labute approximate surface area is 150 Å². The molecule has 2 rings (SSSR count). The predicted octanol–water partition coefficient (Wildman–Crippen LogP) is 2.08. The summed E-state index contributed by atoms with van der Waals surface area (Å²) in [5.74, 6) is 0.386. The van der Waals surface area contributed by atoms with Gasteiger partial charge < -0.3 is 4.90 Å². The van der Waals surface area contributed by atoms with Crippen LogP contribution in [-0.4, -0.2) is 51.7 Å². The highest BCUT2D eigenvalue weighted by Gasteiger charge is 2.28. The van der Waals surface area contributed by atoms with Gasteiger partial charge in [-0.05, 0) is 32.8 Å². The Morgan fingerprint density at radius 3 is 2.32 bits per heavy atom. The average Bonchev–Trinajstić information content (AvgIpc) is 2.57. The lowest BCUT2D eigenvalue weighted by atomic mass is 9.92. The van der Waals surface area contributed by atoms with Crippen LogP contribution in [0.3, 0.4) is 0 Å². The first kappa shape index (κ1) is 19.6. The van der Waals surface area contributed by atoms with Gasteiger partial charge in [-0.3, -0.25) is 14.5 Å². The van der Waals surface area contributed by atoms with E-state index in [2.05, 4.69) is 30.8 Å². The molecule has 0 bridgehead atoms. The standard InChI is InChI=1S/C19H32N4O2/c1-6-22(7-2)18(25)15-10-12-21(13-11-15)14-23-17(24)9-8-16(20-23)19(3,4)5/h8-9,15H,6-7,10-14H2,1-5H3. The molecule has 1 amide bonds. The first-order valence-corrected chi connectivity index (χ1v) is 9.36. The highest BCUT2D eigenvalue weighted by Crippen LogP contribution is 2.21. The SMILES string of the molecule is CCN(CC)C(=O)C1CCN(Cn2nc(C(C)(C)C)ccc2=O)CC1. The van der Waals surface area contributed by atoms with Crippen molar-refractivity contribution in [2.24, 2.45) is 5.92 Å². The van der Waals surface area contributed by atoms with E-state index in [4.69, 9.17) is 0 Å². The van der Waals surface area contributed by atoms with Crippen molar-refractivity contribution in [2.75, 3.05) is 26.2 Å². The maximum absolute atomic E-state index is 12.5. The number of aromatic nitrogens is 2. The summed E-state index contributed by atoms with van der Waals surface area (Å²) in [4.78, 5) is 28.7. The second kappa shape index (κ2) is 8.13. The predicted molar refractivity (Wildman–Crippen MR) is 99.4 cm³/mol. The molecule has 0 aromatic carbocycles. The van der Waals surface area contributed by atoms with Gasteiger partial charge in [0.25, 0.3) is 5.56 Å². The number of hydrogen-bond acceptors (Lipinski definition) is 4. The molecule has 0 aliphatic carbocycles. The number of likely N-dealkylation sites (tertiary alicyclic amines) is 1. The number of hydrogen-bond donors (Lipinski definition) is 0. The molecular weight excluding hydrogens is 316 g/mol. The Morgan fingerprint density at radius 2 is 1.80 bits per heavy atom. The highest BCUT2D eigenvalue weighted by molar-refractivity contribution is 5.78. The zero-order chi connectivity index (χ0) is 18.6. The van der Waals surface area contributed by atoms with E-state index < -0.39 is 0 Å². The van der Waals surface area contributed by atoms with Gasteiger partial charge in [0.2, 0.25) is 5.91 Å². The Balaban J connectivity index is 1.99. The Morgan fingerprint density at radius 1 is 1.20 bits per heavy atom. The van der Waals surface area contributed by atoms with Crippen molar-refractivity contribution in [3.05, 3.63) is 28.2 Å². The summed E-state index contributed by atoms with van der Waals surface area (Å²) in [6, 6.07) is 3.41. The first-order chi connectivity index (χ1) is 11.8. The molecule has 6 heteroatoms. The van der Waals surface area contributed by atoms with Gasteiger partial charge in [-0.15, -0.1) is 0 Å². The van der Waals surface area contributed by atoms with Gasteiger partial charge in [0.05, 0.1) is 12.4 Å². The van der Waals surface area contributed by atoms with Crippen LogP contribution in [0.5, 0.6) is 0 Å². The van der Waals surface area contributed by atoms with E-state index in [9.17, 15) is 9.59 Å². The van der Waals surface area contributed by atoms with E-state index in [0.717, 1.165) is 44.7 Å². The normalized spacial score (nSPS) is 16.8. The molecule has 1 fully saturated rings. The molecule has 140 valence electrons. The Bertz CT molecular complexity index is 636. The van der Waals surface area contributed by atoms with Gasteiger partial charge in [0.15, 0.2) is 0 Å². The quantitative estimate of drug-likeness (QED) is 0.817. The second-order valence-electron chi connectivity index (χ2n) is 7.85. The van der Waals surface area contributed by atoms with E-state index >= 15 is 0 Å². The first-order valence-electron chi connectivity index (χ1n) is 9.36. The number of carbonyl (C=O) groups excluding carboxylic acids is 1. The molecule has 1 saturated heterocycles. The zero-order valence-electron chi connectivity index (χ0n) is 16.3. The molecule has 0 spiro atoms. The second-order valence-corrected chi connectivity index (χ2v) is 7.85. The lowest BCUT2D eigenvalue weighted by Gasteiger charge is -2.33. The highest BCUT2D eigenvalue weighted by atomic mass is 16.2. The molecule has 0 radical (unpaired) electrons. The fourth-order valence-corrected chi connectivity index (χ4v) is 3.25. The van der Waals surface area contributed by atoms with Crippen molar-refractivity contribution in [1.82, 2.24) is 19.6 Å². The van der Waals surface area contributed by atoms with E-state index in [-0.39, 0.29) is 22.8 Å². The van der Waals surface area contributed by atoms with Crippen molar-refractivity contribution >= 4 is 5.91 Å². The van der Waals surface area contributed by atoms with Crippen LogP contribution >= 0.6 is 0 Å². The third kappa shape index (κ3) is 4.91. The molecule has 0 unspecified atom stereocenters. The summed E-state index contributed by atoms with van der Waals surface area (Å²) in [5, 5.41) is 4.53. The number of piperidine rings is 1. The molecule has 6 nitrogen and oxygen atoms in total. The average molecular weight is 348 g/mol. The fourth-order valence-electron chi connectivity index (χ4n) is 3.25. The third-order valence-corrected chi connectivity index (χ3v) is 4.98. The molecular formula is C19H32N4O2. The maximum Gasteiger partial charge on any atom is 0.267 e. The summed E-state index contributed by atoms with van der Waals surface area (Å²) < 4.78 is 1.55. The molecule has 2 heterocycles. The van der Waals surface area contributed by atoms with Crippen molar-refractivity contribution < 1.29 is 4.79 Å². The van der Waals surface area contributed by atoms with Gasteiger partial charge in [0, 0.05) is 43.6 Å². The van der Waals surface area contributed by atoms with E-state index in [0.29, 0.717) is 6.67 Å². The molecule has 0 N–H and O–H groups in total. The van der Waals surface area contributed by atoms with Gasteiger partial charge >= 0.3 is 0 Å². The molecule has 1 aliphatic rings. The van der Waals surface area contributed by atoms with E-state index in [1.54, 1.807) is 10.7 Å². The van der Waals surface area contributed by atoms with Gasteiger partial charge in [-0.25, -0.2) is 4.68 Å². The van der Waals surface area contributed by atoms with Gasteiger partial charge in [-0.1, -0.05) is 20.8 Å². The summed E-state index contributed by atoms with van der Waals surface area (Å²) in [6.45, 7) is 14.0. The zero-order valence-corrected chi connectivity index (χ0v) is 16.3. The van der Waals surface area contributed by atoms with Crippen LogP contribution in [0.1, 0.15) is 53.2 Å². The van der Waals surface area contributed by atoms with Crippen LogP contribution in [-0.2, 0) is 16.9 Å². The van der Waals surface area contributed by atoms with E-state index in [1.165, 1.54) is 0 Å². The Kier molecular flexibility index (Phi) is 6.38. The lowest BCUT2D eigenvalue weighted by Crippen LogP contribution is -2.44. The van der Waals surface area contributed by atoms with Crippen LogP contribution in [0.15, 0.2) is 16.9 Å². The molecule has 1 aromatic rings. The van der Waals surface area contributed by atoms with Gasteiger partial charge in [0.1, 0.15) is 0 Å². The summed E-state index contributed by atoms with van der Waals surface area (Å²) in [5.41, 5.74) is 0.756. The third-order valence-electron chi connectivity index (χ3n) is 4.98. The fraction of sp³-hybridized carbons (Fsp3) is 0.737. The molecule has 1 aromatic heterocycles. The van der Waals surface area contributed by atoms with Crippen LogP contribution in [0.2, 0.25) is 0 Å². The minimum Gasteiger partial charge on any atom is -0.343 e. The topological polar surface area (TPSA) is 58.4 Å². The molecule has 1 aliphatic heterocycles. The van der Waals surface area contributed by atoms with Crippen LogP contribution in [0, 0.1) is 5.92 Å². The lowest BCUT2D eigenvalue weighted by molar-refractivity contribution is -0.136. The molecule has 25 heavy (non-hydrogen) atoms. The van der Waals surface area contributed by atoms with Crippen LogP contribution in [0.4, 0.5) is 0 Å². The minimum absolute atomic E-state index is 0.0747. The van der Waals surface area contributed by atoms with Gasteiger partial charge in [-0.2, -0.15) is 5.10 Å². The largest absolute Gasteiger partial charge is 0.343 e. The molecule has 0 atom stereocenters. The minimum atomic E-state index is -0.0847. The van der Waals surface area contributed by atoms with Crippen molar-refractivity contribution in [1.29, 1.82) is 0 Å². The number of nitrogens with zero attached hydrogens (tertiary/aromatic N) is 4.